The zero-order valence-electron chi connectivity index (χ0n) is 11.4. The molecule has 3 heterocycles. The number of ether oxygens (including phenoxy) is 2. The third kappa shape index (κ3) is 2.17. The molecule has 1 aromatic carbocycles. The lowest BCUT2D eigenvalue weighted by molar-refractivity contribution is 0.174. The molecule has 1 N–H and O–H groups in total. The van der Waals surface area contributed by atoms with Crippen LogP contribution in [0.15, 0.2) is 36.0 Å². The van der Waals surface area contributed by atoms with Crippen LogP contribution in [0.5, 0.6) is 11.5 Å². The summed E-state index contributed by atoms with van der Waals surface area (Å²) in [7, 11) is 0. The molecule has 1 atom stereocenters. The number of benzene rings is 1. The summed E-state index contributed by atoms with van der Waals surface area (Å²) in [5, 5.41) is 6.51. The molecule has 0 saturated heterocycles. The molecule has 106 valence electrons. The minimum Gasteiger partial charge on any atom is -0.454 e. The van der Waals surface area contributed by atoms with Gasteiger partial charge in [-0.1, -0.05) is 6.07 Å². The Labute approximate surface area is 125 Å². The van der Waals surface area contributed by atoms with Crippen LogP contribution in [0.2, 0.25) is 0 Å². The predicted molar refractivity (Wildman–Crippen MR) is 82.0 cm³/mol. The fourth-order valence-corrected chi connectivity index (χ4v) is 3.11. The van der Waals surface area contributed by atoms with E-state index in [0.29, 0.717) is 6.79 Å². The van der Waals surface area contributed by atoms with Crippen LogP contribution in [0.1, 0.15) is 18.5 Å². The highest BCUT2D eigenvalue weighted by Gasteiger charge is 2.16. The minimum atomic E-state index is 0.109. The highest BCUT2D eigenvalue weighted by atomic mass is 32.1. The van der Waals surface area contributed by atoms with Gasteiger partial charge in [-0.3, -0.25) is 0 Å². The number of rotatable bonds is 3. The molecule has 0 bridgehead atoms. The Morgan fingerprint density at radius 3 is 3.05 bits per heavy atom. The SMILES string of the molecule is C[C@H](Nc1ncnc2sccc12)c1ccc2c(c1)OCO2. The van der Waals surface area contributed by atoms with Gasteiger partial charge in [0.25, 0.3) is 0 Å². The standard InChI is InChI=1S/C15H13N3O2S/c1-9(10-2-3-12-13(6-10)20-8-19-12)18-14-11-4-5-21-15(11)17-7-16-14/h2-7,9H,8H2,1H3,(H,16,17,18)/t9-/m0/s1. The molecule has 3 aromatic rings. The highest BCUT2D eigenvalue weighted by Crippen LogP contribution is 2.35. The summed E-state index contributed by atoms with van der Waals surface area (Å²) in [5.74, 6) is 2.45. The van der Waals surface area contributed by atoms with E-state index >= 15 is 0 Å². The number of fused-ring (bicyclic) bond motifs is 2. The Hall–Kier alpha value is -2.34. The van der Waals surface area contributed by atoms with Crippen molar-refractivity contribution in [2.45, 2.75) is 13.0 Å². The van der Waals surface area contributed by atoms with Crippen molar-refractivity contribution in [1.29, 1.82) is 0 Å². The summed E-state index contributed by atoms with van der Waals surface area (Å²) >= 11 is 1.61. The molecular formula is C15H13N3O2S. The van der Waals surface area contributed by atoms with Crippen LogP contribution in [0.3, 0.4) is 0 Å². The monoisotopic (exact) mass is 299 g/mol. The van der Waals surface area contributed by atoms with Gasteiger partial charge in [0.15, 0.2) is 11.5 Å². The van der Waals surface area contributed by atoms with Crippen LogP contribution in [-0.4, -0.2) is 16.8 Å². The number of nitrogens with zero attached hydrogens (tertiary/aromatic N) is 2. The minimum absolute atomic E-state index is 0.109. The van der Waals surface area contributed by atoms with Crippen molar-refractivity contribution in [3.63, 3.8) is 0 Å². The van der Waals surface area contributed by atoms with Crippen molar-refractivity contribution < 1.29 is 9.47 Å². The second-order valence-corrected chi connectivity index (χ2v) is 5.73. The van der Waals surface area contributed by atoms with Gasteiger partial charge >= 0.3 is 0 Å². The van der Waals surface area contributed by atoms with E-state index in [0.717, 1.165) is 33.1 Å². The van der Waals surface area contributed by atoms with Crippen molar-refractivity contribution in [3.05, 3.63) is 41.5 Å². The zero-order chi connectivity index (χ0) is 14.2. The summed E-state index contributed by atoms with van der Waals surface area (Å²) < 4.78 is 10.8. The van der Waals surface area contributed by atoms with Gasteiger partial charge in [0.05, 0.1) is 11.4 Å². The Balaban J connectivity index is 1.63. The molecule has 5 nitrogen and oxygen atoms in total. The van der Waals surface area contributed by atoms with E-state index in [-0.39, 0.29) is 6.04 Å². The topological polar surface area (TPSA) is 56.3 Å². The second kappa shape index (κ2) is 4.89. The number of hydrogen-bond donors (Lipinski definition) is 1. The molecule has 0 amide bonds. The van der Waals surface area contributed by atoms with E-state index in [2.05, 4.69) is 22.2 Å². The van der Waals surface area contributed by atoms with Gasteiger partial charge in [-0.25, -0.2) is 9.97 Å². The molecule has 0 aliphatic carbocycles. The predicted octanol–water partition coefficient (Wildman–Crippen LogP) is 3.59. The molecule has 0 unspecified atom stereocenters. The van der Waals surface area contributed by atoms with E-state index in [1.54, 1.807) is 17.7 Å². The van der Waals surface area contributed by atoms with Crippen LogP contribution in [0.4, 0.5) is 5.82 Å². The number of thiophene rings is 1. The van der Waals surface area contributed by atoms with Crippen LogP contribution in [0.25, 0.3) is 10.2 Å². The van der Waals surface area contributed by atoms with E-state index in [1.165, 1.54) is 0 Å². The molecule has 0 saturated carbocycles. The van der Waals surface area contributed by atoms with E-state index in [9.17, 15) is 0 Å². The first-order valence-electron chi connectivity index (χ1n) is 6.65. The van der Waals surface area contributed by atoms with E-state index < -0.39 is 0 Å². The van der Waals surface area contributed by atoms with Gasteiger partial charge in [-0.2, -0.15) is 0 Å². The Morgan fingerprint density at radius 1 is 1.19 bits per heavy atom. The zero-order valence-corrected chi connectivity index (χ0v) is 12.2. The van der Waals surface area contributed by atoms with Crippen LogP contribution in [-0.2, 0) is 0 Å². The third-order valence-electron chi connectivity index (χ3n) is 3.51. The van der Waals surface area contributed by atoms with Gasteiger partial charge in [-0.05, 0) is 36.1 Å². The number of hydrogen-bond acceptors (Lipinski definition) is 6. The molecule has 1 aliphatic heterocycles. The van der Waals surface area contributed by atoms with Gasteiger partial charge in [0.2, 0.25) is 6.79 Å². The number of anilines is 1. The molecule has 2 aromatic heterocycles. The fraction of sp³-hybridized carbons (Fsp3) is 0.200. The van der Waals surface area contributed by atoms with Crippen LogP contribution < -0.4 is 14.8 Å². The molecule has 0 spiro atoms. The maximum atomic E-state index is 5.42. The highest BCUT2D eigenvalue weighted by molar-refractivity contribution is 7.16. The lowest BCUT2D eigenvalue weighted by Gasteiger charge is -2.15. The first-order chi connectivity index (χ1) is 10.3. The van der Waals surface area contributed by atoms with E-state index in [4.69, 9.17) is 9.47 Å². The first kappa shape index (κ1) is 12.4. The average Bonchev–Trinajstić information content (AvgIpc) is 3.15. The van der Waals surface area contributed by atoms with Crippen molar-refractivity contribution in [2.24, 2.45) is 0 Å². The largest absolute Gasteiger partial charge is 0.454 e. The molecule has 0 radical (unpaired) electrons. The Kier molecular flexibility index (Phi) is 2.89. The van der Waals surface area contributed by atoms with Crippen molar-refractivity contribution >= 4 is 27.4 Å². The molecule has 21 heavy (non-hydrogen) atoms. The van der Waals surface area contributed by atoms with E-state index in [1.807, 2.05) is 29.6 Å². The molecule has 1 aliphatic rings. The summed E-state index contributed by atoms with van der Waals surface area (Å²) in [6.07, 6.45) is 1.59. The second-order valence-electron chi connectivity index (χ2n) is 4.84. The quantitative estimate of drug-likeness (QED) is 0.801. The molecule has 4 rings (SSSR count). The normalized spacial score (nSPS) is 14.3. The number of nitrogens with one attached hydrogen (secondary N) is 1. The van der Waals surface area contributed by atoms with Crippen LogP contribution in [0, 0.1) is 0 Å². The maximum Gasteiger partial charge on any atom is 0.231 e. The smallest absolute Gasteiger partial charge is 0.231 e. The molecular weight excluding hydrogens is 286 g/mol. The van der Waals surface area contributed by atoms with Gasteiger partial charge < -0.3 is 14.8 Å². The van der Waals surface area contributed by atoms with Gasteiger partial charge in [0.1, 0.15) is 17.0 Å². The van der Waals surface area contributed by atoms with Gasteiger partial charge in [0, 0.05) is 0 Å². The van der Waals surface area contributed by atoms with Crippen LogP contribution >= 0.6 is 11.3 Å². The lowest BCUT2D eigenvalue weighted by Crippen LogP contribution is -2.08. The summed E-state index contributed by atoms with van der Waals surface area (Å²) in [6.45, 7) is 2.39. The average molecular weight is 299 g/mol. The maximum absolute atomic E-state index is 5.42. The summed E-state index contributed by atoms with van der Waals surface area (Å²) in [6, 6.07) is 8.13. The summed E-state index contributed by atoms with van der Waals surface area (Å²) in [4.78, 5) is 9.60. The van der Waals surface area contributed by atoms with Gasteiger partial charge in [-0.15, -0.1) is 11.3 Å². The summed E-state index contributed by atoms with van der Waals surface area (Å²) in [5.41, 5.74) is 1.13. The van der Waals surface area contributed by atoms with Crippen molar-refractivity contribution in [1.82, 2.24) is 9.97 Å². The molecule has 0 fully saturated rings. The van der Waals surface area contributed by atoms with Crippen molar-refractivity contribution in [2.75, 3.05) is 12.1 Å². The lowest BCUT2D eigenvalue weighted by atomic mass is 10.1. The number of aromatic nitrogens is 2. The Morgan fingerprint density at radius 2 is 2.10 bits per heavy atom. The van der Waals surface area contributed by atoms with Crippen molar-refractivity contribution in [3.8, 4) is 11.5 Å². The fourth-order valence-electron chi connectivity index (χ4n) is 2.38. The third-order valence-corrected chi connectivity index (χ3v) is 4.33. The first-order valence-corrected chi connectivity index (χ1v) is 7.53. The Bertz CT molecular complexity index is 802. The molecule has 6 heteroatoms.